The molecular formula is C30H41N7O4. The van der Waals surface area contributed by atoms with E-state index in [1.807, 2.05) is 40.1 Å². The molecule has 2 N–H and O–H groups in total. The maximum atomic E-state index is 13.7. The molecule has 3 saturated heterocycles. The van der Waals surface area contributed by atoms with Crippen LogP contribution in [0.3, 0.4) is 0 Å². The topological polar surface area (TPSA) is 130 Å². The number of nitrogens with zero attached hydrogens (tertiary/aromatic N) is 5. The van der Waals surface area contributed by atoms with E-state index in [0.29, 0.717) is 71.1 Å². The number of fused-ring (bicyclic) bond motifs is 4. The number of nitrogens with one attached hydrogen (secondary N) is 2. The van der Waals surface area contributed by atoms with Gasteiger partial charge in [0.05, 0.1) is 0 Å². The van der Waals surface area contributed by atoms with Crippen LogP contribution in [-0.4, -0.2) is 86.0 Å². The number of benzene rings is 1. The monoisotopic (exact) mass is 563 g/mol. The van der Waals surface area contributed by atoms with Crippen LogP contribution < -0.4 is 10.6 Å². The lowest BCUT2D eigenvalue weighted by Crippen LogP contribution is -2.63. The summed E-state index contributed by atoms with van der Waals surface area (Å²) >= 11 is 0. The van der Waals surface area contributed by atoms with Crippen molar-refractivity contribution in [3.63, 3.8) is 0 Å². The zero-order valence-electron chi connectivity index (χ0n) is 23.8. The van der Waals surface area contributed by atoms with Crippen molar-refractivity contribution < 1.29 is 19.2 Å². The van der Waals surface area contributed by atoms with Gasteiger partial charge in [-0.1, -0.05) is 30.3 Å². The lowest BCUT2D eigenvalue weighted by molar-refractivity contribution is -0.148. The number of amides is 4. The molecule has 11 nitrogen and oxygen atoms in total. The van der Waals surface area contributed by atoms with E-state index < -0.39 is 12.1 Å². The molecule has 0 spiro atoms. The van der Waals surface area contributed by atoms with Crippen molar-refractivity contribution >= 4 is 23.6 Å². The molecule has 0 radical (unpaired) electrons. The fraction of sp³-hybridized carbons (Fsp3) is 0.600. The average Bonchev–Trinajstić information content (AvgIpc) is 3.49. The molecule has 41 heavy (non-hydrogen) atoms. The third-order valence-electron chi connectivity index (χ3n) is 8.70. The van der Waals surface area contributed by atoms with Gasteiger partial charge in [-0.3, -0.25) is 23.9 Å². The maximum absolute atomic E-state index is 13.7. The van der Waals surface area contributed by atoms with Gasteiger partial charge in [-0.15, -0.1) is 0 Å². The molecule has 3 aliphatic rings. The van der Waals surface area contributed by atoms with E-state index in [-0.39, 0.29) is 41.5 Å². The predicted molar refractivity (Wildman–Crippen MR) is 151 cm³/mol. The molecule has 11 heteroatoms. The number of hydrogen-bond donors (Lipinski definition) is 2. The van der Waals surface area contributed by atoms with Crippen molar-refractivity contribution in [2.75, 3.05) is 19.6 Å². The Kier molecular flexibility index (Phi) is 9.31. The third-order valence-corrected chi connectivity index (χ3v) is 8.70. The molecule has 1 aromatic heterocycles. The van der Waals surface area contributed by atoms with Crippen LogP contribution in [0.25, 0.3) is 0 Å². The quantitative estimate of drug-likeness (QED) is 0.526. The number of likely N-dealkylation sites (tertiary alicyclic amines) is 1. The molecule has 4 heterocycles. The Morgan fingerprint density at radius 3 is 2.68 bits per heavy atom. The van der Waals surface area contributed by atoms with Gasteiger partial charge in [0, 0.05) is 45.1 Å². The van der Waals surface area contributed by atoms with Gasteiger partial charge in [-0.25, -0.2) is 4.98 Å². The van der Waals surface area contributed by atoms with Crippen molar-refractivity contribution in [1.29, 1.82) is 0 Å². The maximum Gasteiger partial charge on any atom is 0.245 e. The zero-order valence-corrected chi connectivity index (χ0v) is 23.8. The summed E-state index contributed by atoms with van der Waals surface area (Å²) in [4.78, 5) is 60.8. The lowest BCUT2D eigenvalue weighted by Gasteiger charge is -2.51. The van der Waals surface area contributed by atoms with Crippen LogP contribution in [0, 0.1) is 11.8 Å². The first-order valence-electron chi connectivity index (χ1n) is 14.9. The second-order valence-electron chi connectivity index (χ2n) is 11.7. The predicted octanol–water partition coefficient (Wildman–Crippen LogP) is 1.54. The third kappa shape index (κ3) is 7.31. The standard InChI is InChI=1S/C30H41N7O4/c1-21-30(41)37-17-23-15-24(18-35(16-23)28(39)11-6-14-36-20-31-19-32-36)26(37)9-5-10-27(38)34-25(29(40)33-21)13-12-22-7-3-2-4-8-22/h2-4,7-8,19-21,23-26H,5-6,9-18H2,1H3,(H,33,40)(H,34,38)/t21-,23+,24-,25+,26+/m1/s1. The largest absolute Gasteiger partial charge is 0.344 e. The van der Waals surface area contributed by atoms with Crippen LogP contribution >= 0.6 is 0 Å². The molecule has 0 aliphatic carbocycles. The number of hydrogen-bond acceptors (Lipinski definition) is 6. The minimum atomic E-state index is -0.700. The second kappa shape index (κ2) is 13.3. The highest BCUT2D eigenvalue weighted by Gasteiger charge is 2.44. The highest BCUT2D eigenvalue weighted by atomic mass is 16.2. The number of aryl methyl sites for hydroxylation is 2. The average molecular weight is 564 g/mol. The van der Waals surface area contributed by atoms with E-state index in [0.717, 1.165) is 12.0 Å². The highest BCUT2D eigenvalue weighted by molar-refractivity contribution is 5.92. The van der Waals surface area contributed by atoms with Crippen LogP contribution in [0.1, 0.15) is 57.4 Å². The molecule has 3 aliphatic heterocycles. The number of piperidine rings is 2. The van der Waals surface area contributed by atoms with E-state index in [1.54, 1.807) is 17.9 Å². The first kappa shape index (κ1) is 28.8. The summed E-state index contributed by atoms with van der Waals surface area (Å²) in [6, 6.07) is 8.40. The SMILES string of the molecule is C[C@H]1NC(=O)[C@H](CCc2ccccc2)NC(=O)CCC[C@H]2[C@@H]3C[C@@H](CN(C(=O)CCCn4cncn4)C3)CN2C1=O. The Bertz CT molecular complexity index is 1200. The first-order chi connectivity index (χ1) is 19.9. The molecule has 0 saturated carbocycles. The van der Waals surface area contributed by atoms with Crippen LogP contribution in [0.4, 0.5) is 0 Å². The first-order valence-corrected chi connectivity index (χ1v) is 14.9. The minimum absolute atomic E-state index is 0.0649. The molecular weight excluding hydrogens is 522 g/mol. The Morgan fingerprint density at radius 1 is 1.07 bits per heavy atom. The Hall–Kier alpha value is -3.76. The van der Waals surface area contributed by atoms with Gasteiger partial charge in [0.1, 0.15) is 24.7 Å². The van der Waals surface area contributed by atoms with E-state index >= 15 is 0 Å². The minimum Gasteiger partial charge on any atom is -0.344 e. The van der Waals surface area contributed by atoms with Crippen molar-refractivity contribution in [2.24, 2.45) is 11.8 Å². The summed E-state index contributed by atoms with van der Waals surface area (Å²) in [7, 11) is 0. The van der Waals surface area contributed by atoms with Crippen molar-refractivity contribution in [1.82, 2.24) is 35.2 Å². The van der Waals surface area contributed by atoms with Gasteiger partial charge in [-0.05, 0) is 62.8 Å². The number of aromatic nitrogens is 3. The number of carbonyl (C=O) groups is 4. The molecule has 0 unspecified atom stereocenters. The van der Waals surface area contributed by atoms with Gasteiger partial charge < -0.3 is 20.4 Å². The van der Waals surface area contributed by atoms with Crippen LogP contribution in [0.15, 0.2) is 43.0 Å². The number of carbonyl (C=O) groups excluding carboxylic acids is 4. The van der Waals surface area contributed by atoms with Crippen LogP contribution in [0.2, 0.25) is 0 Å². The molecule has 2 bridgehead atoms. The van der Waals surface area contributed by atoms with Gasteiger partial charge in [0.15, 0.2) is 0 Å². The van der Waals surface area contributed by atoms with Crippen LogP contribution in [-0.2, 0) is 32.1 Å². The molecule has 1 aromatic carbocycles. The number of rotatable bonds is 7. The highest BCUT2D eigenvalue weighted by Crippen LogP contribution is 2.36. The summed E-state index contributed by atoms with van der Waals surface area (Å²) in [6.07, 6.45) is 7.97. The fourth-order valence-corrected chi connectivity index (χ4v) is 6.66. The molecule has 220 valence electrons. The Balaban J connectivity index is 1.22. The normalized spacial score (nSPS) is 27.2. The fourth-order valence-electron chi connectivity index (χ4n) is 6.66. The van der Waals surface area contributed by atoms with E-state index in [4.69, 9.17) is 0 Å². The van der Waals surface area contributed by atoms with E-state index in [9.17, 15) is 19.2 Å². The van der Waals surface area contributed by atoms with Crippen molar-refractivity contribution in [3.8, 4) is 0 Å². The summed E-state index contributed by atoms with van der Waals surface area (Å²) in [5.41, 5.74) is 1.09. The zero-order chi connectivity index (χ0) is 28.8. The van der Waals surface area contributed by atoms with Crippen molar-refractivity contribution in [3.05, 3.63) is 48.5 Å². The van der Waals surface area contributed by atoms with E-state index in [1.165, 1.54) is 6.33 Å². The summed E-state index contributed by atoms with van der Waals surface area (Å²) < 4.78 is 1.73. The van der Waals surface area contributed by atoms with Gasteiger partial charge >= 0.3 is 0 Å². The smallest absolute Gasteiger partial charge is 0.245 e. The molecule has 4 amide bonds. The van der Waals surface area contributed by atoms with Gasteiger partial charge in [0.25, 0.3) is 0 Å². The summed E-state index contributed by atoms with van der Waals surface area (Å²) in [5.74, 6) is -0.0733. The molecule has 5 rings (SSSR count). The molecule has 3 fully saturated rings. The van der Waals surface area contributed by atoms with Crippen LogP contribution in [0.5, 0.6) is 0 Å². The molecule has 5 atom stereocenters. The van der Waals surface area contributed by atoms with E-state index in [2.05, 4.69) is 20.7 Å². The lowest BCUT2D eigenvalue weighted by atomic mass is 9.77. The Labute approximate surface area is 241 Å². The second-order valence-corrected chi connectivity index (χ2v) is 11.7. The van der Waals surface area contributed by atoms with Gasteiger partial charge in [0.2, 0.25) is 23.6 Å². The summed E-state index contributed by atoms with van der Waals surface area (Å²) in [5, 5.41) is 9.91. The molecule has 2 aromatic rings. The van der Waals surface area contributed by atoms with Crippen molar-refractivity contribution in [2.45, 2.75) is 83.0 Å². The Morgan fingerprint density at radius 2 is 1.90 bits per heavy atom. The van der Waals surface area contributed by atoms with Gasteiger partial charge in [-0.2, -0.15) is 5.10 Å². The summed E-state index contributed by atoms with van der Waals surface area (Å²) in [6.45, 7) is 4.19.